The summed E-state index contributed by atoms with van der Waals surface area (Å²) < 4.78 is 16.0. The number of carbonyl (C=O) groups excluding carboxylic acids is 2. The lowest BCUT2D eigenvalue weighted by Gasteiger charge is -2.32. The van der Waals surface area contributed by atoms with Gasteiger partial charge in [-0.3, -0.25) is 4.79 Å². The van der Waals surface area contributed by atoms with E-state index in [1.807, 2.05) is 30.3 Å². The van der Waals surface area contributed by atoms with Crippen molar-refractivity contribution < 1.29 is 23.8 Å². The number of ether oxygens (including phenoxy) is 3. The minimum Gasteiger partial charge on any atom is -0.460 e. The summed E-state index contributed by atoms with van der Waals surface area (Å²) in [5.41, 5.74) is 0.455. The topological polar surface area (TPSA) is 61.8 Å². The SMILES string of the molecule is CCOC(=O)C1=CC2(CCC(OCc3ccccc3)CC2)C(=O)O1. The lowest BCUT2D eigenvalue weighted by atomic mass is 9.73. The van der Waals surface area contributed by atoms with Gasteiger partial charge in [-0.15, -0.1) is 0 Å². The number of esters is 2. The summed E-state index contributed by atoms with van der Waals surface area (Å²) >= 11 is 0. The Bertz CT molecular complexity index is 626. The Morgan fingerprint density at radius 1 is 1.25 bits per heavy atom. The van der Waals surface area contributed by atoms with Crippen molar-refractivity contribution in [1.29, 1.82) is 0 Å². The maximum atomic E-state index is 12.2. The van der Waals surface area contributed by atoms with E-state index in [9.17, 15) is 9.59 Å². The first-order valence-electron chi connectivity index (χ1n) is 8.41. The fourth-order valence-corrected chi connectivity index (χ4v) is 3.25. The normalized spacial score (nSPS) is 26.1. The summed E-state index contributed by atoms with van der Waals surface area (Å²) in [6.07, 6.45) is 4.59. The Kier molecular flexibility index (Phi) is 5.00. The minimum absolute atomic E-state index is 0.0329. The van der Waals surface area contributed by atoms with Crippen LogP contribution in [0.4, 0.5) is 0 Å². The van der Waals surface area contributed by atoms with Crippen molar-refractivity contribution in [2.45, 2.75) is 45.3 Å². The fourth-order valence-electron chi connectivity index (χ4n) is 3.25. The molecular weight excluding hydrogens is 308 g/mol. The van der Waals surface area contributed by atoms with Crippen molar-refractivity contribution in [1.82, 2.24) is 0 Å². The van der Waals surface area contributed by atoms with Crippen LogP contribution in [-0.4, -0.2) is 24.6 Å². The zero-order valence-electron chi connectivity index (χ0n) is 13.8. The molecule has 24 heavy (non-hydrogen) atoms. The summed E-state index contributed by atoms with van der Waals surface area (Å²) in [6, 6.07) is 10.0. The molecule has 1 aromatic carbocycles. The van der Waals surface area contributed by atoms with Crippen molar-refractivity contribution >= 4 is 11.9 Å². The van der Waals surface area contributed by atoms with Gasteiger partial charge in [0.05, 0.1) is 24.7 Å². The summed E-state index contributed by atoms with van der Waals surface area (Å²) in [5.74, 6) is -0.872. The van der Waals surface area contributed by atoms with Crippen LogP contribution in [0, 0.1) is 5.41 Å². The second kappa shape index (κ2) is 7.18. The van der Waals surface area contributed by atoms with Crippen LogP contribution in [0.5, 0.6) is 0 Å². The predicted molar refractivity (Wildman–Crippen MR) is 86.7 cm³/mol. The van der Waals surface area contributed by atoms with Gasteiger partial charge in [-0.1, -0.05) is 30.3 Å². The second-order valence-corrected chi connectivity index (χ2v) is 6.27. The first-order valence-corrected chi connectivity index (χ1v) is 8.41. The predicted octanol–water partition coefficient (Wildman–Crippen LogP) is 3.14. The highest BCUT2D eigenvalue weighted by atomic mass is 16.6. The van der Waals surface area contributed by atoms with E-state index in [1.54, 1.807) is 13.0 Å². The van der Waals surface area contributed by atoms with Crippen LogP contribution in [0.25, 0.3) is 0 Å². The van der Waals surface area contributed by atoms with E-state index in [0.29, 0.717) is 19.4 Å². The molecule has 5 heteroatoms. The van der Waals surface area contributed by atoms with Crippen LogP contribution in [0.1, 0.15) is 38.2 Å². The fraction of sp³-hybridized carbons (Fsp3) is 0.474. The molecule has 1 aliphatic carbocycles. The molecule has 0 N–H and O–H groups in total. The van der Waals surface area contributed by atoms with Crippen LogP contribution >= 0.6 is 0 Å². The highest BCUT2D eigenvalue weighted by molar-refractivity contribution is 5.96. The third kappa shape index (κ3) is 3.51. The standard InChI is InChI=1S/C19H22O5/c1-2-22-17(20)16-12-19(18(21)24-16)10-8-15(9-11-19)23-13-14-6-4-3-5-7-14/h3-7,12,15H,2,8-11,13H2,1H3. The first kappa shape index (κ1) is 16.7. The summed E-state index contributed by atoms with van der Waals surface area (Å²) in [4.78, 5) is 24.0. The molecule has 1 fully saturated rings. The van der Waals surface area contributed by atoms with E-state index >= 15 is 0 Å². The second-order valence-electron chi connectivity index (χ2n) is 6.27. The quantitative estimate of drug-likeness (QED) is 0.776. The maximum Gasteiger partial charge on any atom is 0.374 e. The summed E-state index contributed by atoms with van der Waals surface area (Å²) in [5, 5.41) is 0. The lowest BCUT2D eigenvalue weighted by molar-refractivity contribution is -0.154. The molecule has 0 radical (unpaired) electrons. The van der Waals surface area contributed by atoms with E-state index in [1.165, 1.54) is 0 Å². The smallest absolute Gasteiger partial charge is 0.374 e. The van der Waals surface area contributed by atoms with Gasteiger partial charge in [-0.05, 0) is 44.2 Å². The Morgan fingerprint density at radius 3 is 2.62 bits per heavy atom. The van der Waals surface area contributed by atoms with Crippen molar-refractivity contribution in [3.63, 3.8) is 0 Å². The van der Waals surface area contributed by atoms with Crippen molar-refractivity contribution in [2.75, 3.05) is 6.61 Å². The molecule has 128 valence electrons. The van der Waals surface area contributed by atoms with Gasteiger partial charge in [-0.2, -0.15) is 0 Å². The van der Waals surface area contributed by atoms with Gasteiger partial charge in [-0.25, -0.2) is 4.79 Å². The molecule has 1 aromatic rings. The van der Waals surface area contributed by atoms with Crippen molar-refractivity contribution in [2.24, 2.45) is 5.41 Å². The van der Waals surface area contributed by atoms with Crippen molar-refractivity contribution in [3.05, 3.63) is 47.7 Å². The van der Waals surface area contributed by atoms with E-state index in [-0.39, 0.29) is 24.4 Å². The third-order valence-electron chi connectivity index (χ3n) is 4.65. The molecule has 0 amide bonds. The zero-order valence-corrected chi connectivity index (χ0v) is 13.8. The molecule has 1 spiro atoms. The molecular formula is C19H22O5. The zero-order chi connectivity index (χ0) is 17.0. The van der Waals surface area contributed by atoms with E-state index < -0.39 is 11.4 Å². The van der Waals surface area contributed by atoms with Crippen LogP contribution in [-0.2, 0) is 30.4 Å². The summed E-state index contributed by atoms with van der Waals surface area (Å²) in [6.45, 7) is 2.56. The molecule has 2 aliphatic rings. The number of hydrogen-bond acceptors (Lipinski definition) is 5. The Morgan fingerprint density at radius 2 is 1.96 bits per heavy atom. The van der Waals surface area contributed by atoms with Gasteiger partial charge in [0, 0.05) is 0 Å². The molecule has 1 saturated carbocycles. The number of rotatable bonds is 5. The number of cyclic esters (lactones) is 1. The largest absolute Gasteiger partial charge is 0.460 e. The van der Waals surface area contributed by atoms with Gasteiger partial charge in [0.15, 0.2) is 0 Å². The van der Waals surface area contributed by atoms with Gasteiger partial charge >= 0.3 is 11.9 Å². The lowest BCUT2D eigenvalue weighted by Crippen LogP contribution is -2.34. The van der Waals surface area contributed by atoms with Gasteiger partial charge in [0.25, 0.3) is 0 Å². The molecule has 0 aromatic heterocycles. The highest BCUT2D eigenvalue weighted by Gasteiger charge is 2.48. The van der Waals surface area contributed by atoms with Crippen LogP contribution in [0.3, 0.4) is 0 Å². The molecule has 5 nitrogen and oxygen atoms in total. The van der Waals surface area contributed by atoms with E-state index in [0.717, 1.165) is 18.4 Å². The number of carbonyl (C=O) groups is 2. The van der Waals surface area contributed by atoms with E-state index in [2.05, 4.69) is 0 Å². The Hall–Kier alpha value is -2.14. The summed E-state index contributed by atoms with van der Waals surface area (Å²) in [7, 11) is 0. The average molecular weight is 330 g/mol. The monoisotopic (exact) mass is 330 g/mol. The number of hydrogen-bond donors (Lipinski definition) is 0. The molecule has 0 saturated heterocycles. The molecule has 3 rings (SSSR count). The Labute approximate surface area is 141 Å². The number of benzene rings is 1. The average Bonchev–Trinajstić information content (AvgIpc) is 2.92. The van der Waals surface area contributed by atoms with Crippen LogP contribution in [0.15, 0.2) is 42.2 Å². The maximum absolute atomic E-state index is 12.2. The van der Waals surface area contributed by atoms with Crippen LogP contribution in [0.2, 0.25) is 0 Å². The van der Waals surface area contributed by atoms with Gasteiger partial charge in [0.2, 0.25) is 5.76 Å². The third-order valence-corrected chi connectivity index (χ3v) is 4.65. The van der Waals surface area contributed by atoms with Crippen LogP contribution < -0.4 is 0 Å². The van der Waals surface area contributed by atoms with Gasteiger partial charge < -0.3 is 14.2 Å². The molecule has 0 unspecified atom stereocenters. The molecule has 1 aliphatic heterocycles. The highest BCUT2D eigenvalue weighted by Crippen LogP contribution is 2.44. The molecule has 1 heterocycles. The minimum atomic E-state index is -0.686. The molecule has 0 atom stereocenters. The first-order chi connectivity index (χ1) is 11.6. The Balaban J connectivity index is 1.56. The van der Waals surface area contributed by atoms with E-state index in [4.69, 9.17) is 14.2 Å². The molecule has 0 bridgehead atoms. The van der Waals surface area contributed by atoms with Gasteiger partial charge in [0.1, 0.15) is 0 Å². The van der Waals surface area contributed by atoms with Crippen molar-refractivity contribution in [3.8, 4) is 0 Å².